The van der Waals surface area contributed by atoms with E-state index in [9.17, 15) is 22.8 Å². The zero-order chi connectivity index (χ0) is 19.7. The molecule has 1 amide bonds. The van der Waals surface area contributed by atoms with Crippen LogP contribution in [0.15, 0.2) is 30.5 Å². The lowest BCUT2D eigenvalue weighted by atomic mass is 9.64. The van der Waals surface area contributed by atoms with E-state index >= 15 is 0 Å². The number of halogens is 3. The van der Waals surface area contributed by atoms with Crippen LogP contribution < -0.4 is 5.32 Å². The van der Waals surface area contributed by atoms with Gasteiger partial charge in [0, 0.05) is 12.0 Å². The van der Waals surface area contributed by atoms with Gasteiger partial charge in [-0.3, -0.25) is 4.79 Å². The first-order chi connectivity index (χ1) is 12.7. The number of nitrogens with zero attached hydrogens (tertiary/aromatic N) is 3. The molecule has 0 unspecified atom stereocenters. The Balaban J connectivity index is 1.66. The molecule has 0 radical (unpaired) electrons. The Hall–Kier alpha value is -2.91. The number of carboxylic acid groups (broad SMARTS) is 1. The number of aromatic nitrogens is 3. The number of carboxylic acids is 1. The molecule has 0 spiro atoms. The number of amides is 1. The summed E-state index contributed by atoms with van der Waals surface area (Å²) >= 11 is 0. The van der Waals surface area contributed by atoms with E-state index in [2.05, 4.69) is 15.6 Å². The minimum atomic E-state index is -4.42. The molecule has 1 saturated carbocycles. The molecule has 10 heteroatoms. The average Bonchev–Trinajstić information content (AvgIpc) is 3.02. The van der Waals surface area contributed by atoms with Gasteiger partial charge < -0.3 is 10.4 Å². The van der Waals surface area contributed by atoms with Crippen LogP contribution >= 0.6 is 0 Å². The summed E-state index contributed by atoms with van der Waals surface area (Å²) < 4.78 is 40.0. The van der Waals surface area contributed by atoms with Crippen LogP contribution in [0.5, 0.6) is 0 Å². The summed E-state index contributed by atoms with van der Waals surface area (Å²) in [7, 11) is 0. The molecule has 1 aliphatic carbocycles. The summed E-state index contributed by atoms with van der Waals surface area (Å²) in [6, 6.07) is 5.20. The van der Waals surface area contributed by atoms with E-state index in [0.717, 1.165) is 29.4 Å². The largest absolute Gasteiger partial charge is 0.476 e. The molecule has 3 rings (SSSR count). The molecule has 0 bridgehead atoms. The van der Waals surface area contributed by atoms with Crippen LogP contribution in [0.1, 0.15) is 40.9 Å². The predicted octanol–water partition coefficient (Wildman–Crippen LogP) is 2.23. The van der Waals surface area contributed by atoms with Gasteiger partial charge in [0.2, 0.25) is 5.91 Å². The van der Waals surface area contributed by atoms with Crippen molar-refractivity contribution in [1.82, 2.24) is 20.3 Å². The molecule has 7 nitrogen and oxygen atoms in total. The summed E-state index contributed by atoms with van der Waals surface area (Å²) in [6.45, 7) is -0.0213. The van der Waals surface area contributed by atoms with E-state index in [1.165, 1.54) is 6.07 Å². The number of nitrogens with one attached hydrogen (secondary N) is 1. The maximum absolute atomic E-state index is 13.0. The minimum absolute atomic E-state index is 0.202. The normalized spacial score (nSPS) is 15.8. The van der Waals surface area contributed by atoms with E-state index in [1.54, 1.807) is 6.07 Å². The number of aromatic carboxylic acids is 1. The number of rotatable bonds is 6. The van der Waals surface area contributed by atoms with Crippen molar-refractivity contribution in [2.24, 2.45) is 0 Å². The summed E-state index contributed by atoms with van der Waals surface area (Å²) in [5, 5.41) is 18.5. The standard InChI is InChI=1S/C17H17F3N4O3/c18-17(19,20)12-4-1-3-11(7-12)16(5-2-6-16)10-21-14(25)9-24-8-13(15(26)27)22-23-24/h1,3-4,7-8H,2,5-6,9-10H2,(H,21,25)(H,26,27). The number of carbonyl (C=O) groups is 2. The van der Waals surface area contributed by atoms with E-state index in [-0.39, 0.29) is 18.8 Å². The van der Waals surface area contributed by atoms with Crippen molar-refractivity contribution in [3.8, 4) is 0 Å². The first-order valence-corrected chi connectivity index (χ1v) is 8.27. The molecule has 144 valence electrons. The highest BCUT2D eigenvalue weighted by atomic mass is 19.4. The van der Waals surface area contributed by atoms with Crippen molar-refractivity contribution in [1.29, 1.82) is 0 Å². The van der Waals surface area contributed by atoms with Gasteiger partial charge in [-0.05, 0) is 24.5 Å². The highest BCUT2D eigenvalue weighted by Gasteiger charge is 2.40. The lowest BCUT2D eigenvalue weighted by Gasteiger charge is -2.43. The van der Waals surface area contributed by atoms with Crippen LogP contribution in [0, 0.1) is 0 Å². The second kappa shape index (κ2) is 7.01. The van der Waals surface area contributed by atoms with Crippen molar-refractivity contribution in [2.45, 2.75) is 37.4 Å². The van der Waals surface area contributed by atoms with Crippen molar-refractivity contribution < 1.29 is 27.9 Å². The van der Waals surface area contributed by atoms with Gasteiger partial charge in [-0.1, -0.05) is 29.8 Å². The quantitative estimate of drug-likeness (QED) is 0.799. The Morgan fingerprint density at radius 2 is 2.04 bits per heavy atom. The van der Waals surface area contributed by atoms with Gasteiger partial charge >= 0.3 is 12.1 Å². The van der Waals surface area contributed by atoms with Crippen molar-refractivity contribution >= 4 is 11.9 Å². The fourth-order valence-electron chi connectivity index (χ4n) is 3.14. The zero-order valence-electron chi connectivity index (χ0n) is 14.2. The topological polar surface area (TPSA) is 97.1 Å². The van der Waals surface area contributed by atoms with Crippen LogP contribution in [-0.2, 0) is 22.9 Å². The summed E-state index contributed by atoms with van der Waals surface area (Å²) in [5.74, 6) is -1.67. The molecule has 2 N–H and O–H groups in total. The number of hydrogen-bond donors (Lipinski definition) is 2. The fourth-order valence-corrected chi connectivity index (χ4v) is 3.14. The Morgan fingerprint density at radius 3 is 2.59 bits per heavy atom. The molecule has 0 atom stereocenters. The Morgan fingerprint density at radius 1 is 1.30 bits per heavy atom. The maximum atomic E-state index is 13.0. The van der Waals surface area contributed by atoms with Gasteiger partial charge in [-0.15, -0.1) is 5.10 Å². The van der Waals surface area contributed by atoms with Crippen LogP contribution in [0.25, 0.3) is 0 Å². The fraction of sp³-hybridized carbons (Fsp3) is 0.412. The molecule has 2 aromatic rings. The zero-order valence-corrected chi connectivity index (χ0v) is 14.2. The molecule has 1 heterocycles. The van der Waals surface area contributed by atoms with Gasteiger partial charge in [0.25, 0.3) is 0 Å². The summed E-state index contributed by atoms with van der Waals surface area (Å²) in [5.41, 5.74) is -0.952. The van der Waals surface area contributed by atoms with Crippen LogP contribution in [0.2, 0.25) is 0 Å². The van der Waals surface area contributed by atoms with Crippen LogP contribution in [0.4, 0.5) is 13.2 Å². The Labute approximate surface area is 152 Å². The third kappa shape index (κ3) is 4.09. The smallest absolute Gasteiger partial charge is 0.416 e. The molecule has 1 aromatic heterocycles. The lowest BCUT2D eigenvalue weighted by molar-refractivity contribution is -0.137. The summed E-state index contributed by atoms with van der Waals surface area (Å²) in [6.07, 6.45) is -1.05. The molecule has 1 aromatic carbocycles. The SMILES string of the molecule is O=C(Cn1cc(C(=O)O)nn1)NCC1(c2cccc(C(F)(F)F)c2)CCC1. The number of hydrogen-bond acceptors (Lipinski definition) is 4. The highest BCUT2D eigenvalue weighted by Crippen LogP contribution is 2.44. The van der Waals surface area contributed by atoms with Gasteiger partial charge in [0.15, 0.2) is 5.69 Å². The summed E-state index contributed by atoms with van der Waals surface area (Å²) in [4.78, 5) is 22.9. The second-order valence-electron chi connectivity index (χ2n) is 6.60. The van der Waals surface area contributed by atoms with Gasteiger partial charge in [-0.25, -0.2) is 9.48 Å². The first-order valence-electron chi connectivity index (χ1n) is 8.27. The first kappa shape index (κ1) is 18.9. The number of benzene rings is 1. The van der Waals surface area contributed by atoms with Gasteiger partial charge in [0.1, 0.15) is 6.54 Å². The third-order valence-electron chi connectivity index (χ3n) is 4.80. The van der Waals surface area contributed by atoms with E-state index in [0.29, 0.717) is 18.4 Å². The van der Waals surface area contributed by atoms with Gasteiger partial charge in [-0.2, -0.15) is 13.2 Å². The van der Waals surface area contributed by atoms with Gasteiger partial charge in [0.05, 0.1) is 11.8 Å². The van der Waals surface area contributed by atoms with E-state index < -0.39 is 29.0 Å². The monoisotopic (exact) mass is 382 g/mol. The van der Waals surface area contributed by atoms with Crippen LogP contribution in [-0.4, -0.2) is 38.5 Å². The number of carbonyl (C=O) groups excluding carboxylic acids is 1. The molecular weight excluding hydrogens is 365 g/mol. The average molecular weight is 382 g/mol. The molecule has 0 saturated heterocycles. The third-order valence-corrected chi connectivity index (χ3v) is 4.80. The molecule has 1 aliphatic rings. The lowest BCUT2D eigenvalue weighted by Crippen LogP contribution is -2.46. The Kier molecular flexibility index (Phi) is 4.90. The van der Waals surface area contributed by atoms with Crippen molar-refractivity contribution in [3.05, 3.63) is 47.3 Å². The number of alkyl halides is 3. The Bertz CT molecular complexity index is 859. The van der Waals surface area contributed by atoms with Crippen molar-refractivity contribution in [3.63, 3.8) is 0 Å². The predicted molar refractivity (Wildman–Crippen MR) is 87.0 cm³/mol. The minimum Gasteiger partial charge on any atom is -0.476 e. The van der Waals surface area contributed by atoms with E-state index in [1.807, 2.05) is 0 Å². The molecule has 0 aliphatic heterocycles. The highest BCUT2D eigenvalue weighted by molar-refractivity contribution is 5.84. The van der Waals surface area contributed by atoms with Crippen molar-refractivity contribution in [2.75, 3.05) is 6.54 Å². The second-order valence-corrected chi connectivity index (χ2v) is 6.60. The molecule has 1 fully saturated rings. The maximum Gasteiger partial charge on any atom is 0.416 e. The van der Waals surface area contributed by atoms with E-state index in [4.69, 9.17) is 5.11 Å². The molecular formula is C17H17F3N4O3. The van der Waals surface area contributed by atoms with Crippen LogP contribution in [0.3, 0.4) is 0 Å². The molecule has 27 heavy (non-hydrogen) atoms.